The van der Waals surface area contributed by atoms with E-state index in [4.69, 9.17) is 0 Å². The van der Waals surface area contributed by atoms with Gasteiger partial charge in [0.2, 0.25) is 0 Å². The van der Waals surface area contributed by atoms with Crippen molar-refractivity contribution in [1.82, 2.24) is 0 Å². The molecule has 0 atom stereocenters. The SMILES string of the molecule is C=C(C)/C(C(=C)CCCC)=C(CC)/N=C\C. The molecule has 0 bridgehead atoms. The van der Waals surface area contributed by atoms with Crippen LogP contribution < -0.4 is 0 Å². The van der Waals surface area contributed by atoms with Gasteiger partial charge in [0.15, 0.2) is 0 Å². The monoisotopic (exact) mass is 219 g/mol. The Labute approximate surface area is 101 Å². The van der Waals surface area contributed by atoms with Crippen LogP contribution in [0.1, 0.15) is 53.4 Å². The maximum Gasteiger partial charge on any atom is 0.0474 e. The Balaban J connectivity index is 5.11. The summed E-state index contributed by atoms with van der Waals surface area (Å²) in [6, 6.07) is 0. The number of unbranched alkanes of at least 4 members (excludes halogenated alkanes) is 1. The van der Waals surface area contributed by atoms with Crippen molar-refractivity contribution in [2.45, 2.75) is 53.4 Å². The van der Waals surface area contributed by atoms with Gasteiger partial charge >= 0.3 is 0 Å². The highest BCUT2D eigenvalue weighted by Gasteiger charge is 2.09. The highest BCUT2D eigenvalue weighted by molar-refractivity contribution is 5.57. The highest BCUT2D eigenvalue weighted by Crippen LogP contribution is 2.26. The molecule has 0 aliphatic rings. The minimum absolute atomic E-state index is 0.928. The first-order chi connectivity index (χ1) is 7.58. The zero-order valence-corrected chi connectivity index (χ0v) is 11.3. The predicted octanol–water partition coefficient (Wildman–Crippen LogP) is 5.06. The molecule has 0 spiro atoms. The maximum atomic E-state index is 4.43. The molecule has 0 aliphatic heterocycles. The largest absolute Gasteiger partial charge is 0.265 e. The first-order valence-electron chi connectivity index (χ1n) is 6.14. The lowest BCUT2D eigenvalue weighted by atomic mass is 9.94. The molecule has 1 nitrogen and oxygen atoms in total. The van der Waals surface area contributed by atoms with Crippen molar-refractivity contribution >= 4 is 6.21 Å². The topological polar surface area (TPSA) is 12.4 Å². The van der Waals surface area contributed by atoms with E-state index in [0.29, 0.717) is 0 Å². The average Bonchev–Trinajstić information content (AvgIpc) is 2.25. The zero-order chi connectivity index (χ0) is 12.6. The van der Waals surface area contributed by atoms with Crippen LogP contribution in [-0.2, 0) is 0 Å². The van der Waals surface area contributed by atoms with Gasteiger partial charge in [-0.3, -0.25) is 4.99 Å². The number of hydrogen-bond acceptors (Lipinski definition) is 1. The molecule has 0 saturated heterocycles. The van der Waals surface area contributed by atoms with Crippen LogP contribution in [0, 0.1) is 0 Å². The van der Waals surface area contributed by atoms with Crippen molar-refractivity contribution in [3.63, 3.8) is 0 Å². The molecular weight excluding hydrogens is 194 g/mol. The Morgan fingerprint density at radius 2 is 1.88 bits per heavy atom. The van der Waals surface area contributed by atoms with Crippen molar-refractivity contribution in [1.29, 1.82) is 0 Å². The van der Waals surface area contributed by atoms with E-state index < -0.39 is 0 Å². The first-order valence-corrected chi connectivity index (χ1v) is 6.14. The molecule has 0 aromatic heterocycles. The second-order valence-electron chi connectivity index (χ2n) is 4.05. The van der Waals surface area contributed by atoms with Gasteiger partial charge in [-0.15, -0.1) is 0 Å². The van der Waals surface area contributed by atoms with Gasteiger partial charge in [0.05, 0.1) is 0 Å². The van der Waals surface area contributed by atoms with E-state index in [1.165, 1.54) is 24.0 Å². The Morgan fingerprint density at radius 1 is 1.25 bits per heavy atom. The third kappa shape index (κ3) is 4.61. The number of rotatable bonds is 7. The van der Waals surface area contributed by atoms with E-state index in [1.54, 1.807) is 0 Å². The predicted molar refractivity (Wildman–Crippen MR) is 75.0 cm³/mol. The van der Waals surface area contributed by atoms with Gasteiger partial charge in [-0.1, -0.05) is 33.4 Å². The molecule has 90 valence electrons. The van der Waals surface area contributed by atoms with E-state index >= 15 is 0 Å². The summed E-state index contributed by atoms with van der Waals surface area (Å²) in [4.78, 5) is 4.43. The van der Waals surface area contributed by atoms with Gasteiger partial charge < -0.3 is 0 Å². The number of hydrogen-bond donors (Lipinski definition) is 0. The van der Waals surface area contributed by atoms with Crippen molar-refractivity contribution in [3.8, 4) is 0 Å². The van der Waals surface area contributed by atoms with Gasteiger partial charge in [-0.25, -0.2) is 0 Å². The summed E-state index contributed by atoms with van der Waals surface area (Å²) in [6.07, 6.45) is 6.19. The molecular formula is C15H25N. The van der Waals surface area contributed by atoms with Crippen LogP contribution in [0.4, 0.5) is 0 Å². The van der Waals surface area contributed by atoms with Crippen LogP contribution in [0.2, 0.25) is 0 Å². The minimum atomic E-state index is 0.928. The normalized spacial score (nSPS) is 12.8. The molecule has 0 unspecified atom stereocenters. The minimum Gasteiger partial charge on any atom is -0.265 e. The van der Waals surface area contributed by atoms with Crippen LogP contribution in [0.15, 0.2) is 40.6 Å². The van der Waals surface area contributed by atoms with E-state index in [2.05, 4.69) is 32.0 Å². The second-order valence-corrected chi connectivity index (χ2v) is 4.05. The summed E-state index contributed by atoms with van der Waals surface area (Å²) in [5, 5.41) is 0. The molecule has 0 N–H and O–H groups in total. The standard InChI is InChI=1S/C15H25N/c1-7-10-11-13(6)15(12(4)5)14(8-2)16-9-3/h9H,4,6-8,10-11H2,1-3,5H3/b15-14-,16-9-. The van der Waals surface area contributed by atoms with E-state index in [-0.39, 0.29) is 0 Å². The van der Waals surface area contributed by atoms with E-state index in [9.17, 15) is 0 Å². The summed E-state index contributed by atoms with van der Waals surface area (Å²) in [5.41, 5.74) is 4.53. The van der Waals surface area contributed by atoms with Gasteiger partial charge in [-0.05, 0) is 44.3 Å². The quantitative estimate of drug-likeness (QED) is 0.419. The molecule has 0 aromatic rings. The molecule has 16 heavy (non-hydrogen) atoms. The Hall–Kier alpha value is -1.11. The molecule has 0 saturated carbocycles. The first kappa shape index (κ1) is 14.9. The molecule has 1 heteroatoms. The number of aliphatic imine (C=N–C) groups is 1. The average molecular weight is 219 g/mol. The lowest BCUT2D eigenvalue weighted by Crippen LogP contribution is -1.96. The fourth-order valence-corrected chi connectivity index (χ4v) is 1.76. The Bertz CT molecular complexity index is 305. The van der Waals surface area contributed by atoms with Gasteiger partial charge in [0, 0.05) is 17.5 Å². The summed E-state index contributed by atoms with van der Waals surface area (Å²) >= 11 is 0. The van der Waals surface area contributed by atoms with Crippen molar-refractivity contribution in [2.24, 2.45) is 4.99 Å². The fourth-order valence-electron chi connectivity index (χ4n) is 1.76. The van der Waals surface area contributed by atoms with Crippen molar-refractivity contribution in [2.75, 3.05) is 0 Å². The van der Waals surface area contributed by atoms with Crippen LogP contribution in [0.5, 0.6) is 0 Å². The van der Waals surface area contributed by atoms with Crippen molar-refractivity contribution < 1.29 is 0 Å². The smallest absolute Gasteiger partial charge is 0.0474 e. The van der Waals surface area contributed by atoms with Crippen LogP contribution in [0.25, 0.3) is 0 Å². The Morgan fingerprint density at radius 3 is 2.25 bits per heavy atom. The second kappa shape index (κ2) is 8.09. The molecule has 0 heterocycles. The Kier molecular flexibility index (Phi) is 7.53. The van der Waals surface area contributed by atoms with Crippen molar-refractivity contribution in [3.05, 3.63) is 35.6 Å². The maximum absolute atomic E-state index is 4.43. The lowest BCUT2D eigenvalue weighted by molar-refractivity contribution is 0.791. The van der Waals surface area contributed by atoms with Crippen LogP contribution in [0.3, 0.4) is 0 Å². The molecule has 0 radical (unpaired) electrons. The number of nitrogens with zero attached hydrogens (tertiary/aromatic N) is 1. The van der Waals surface area contributed by atoms with Gasteiger partial charge in [0.1, 0.15) is 0 Å². The van der Waals surface area contributed by atoms with Gasteiger partial charge in [0.25, 0.3) is 0 Å². The number of allylic oxidation sites excluding steroid dienone is 4. The molecule has 0 aliphatic carbocycles. The fraction of sp³-hybridized carbons (Fsp3) is 0.533. The van der Waals surface area contributed by atoms with Crippen LogP contribution >= 0.6 is 0 Å². The zero-order valence-electron chi connectivity index (χ0n) is 11.3. The summed E-state index contributed by atoms with van der Waals surface area (Å²) in [6.45, 7) is 16.5. The third-order valence-corrected chi connectivity index (χ3v) is 2.52. The molecule has 0 aromatic carbocycles. The van der Waals surface area contributed by atoms with Crippen LogP contribution in [-0.4, -0.2) is 6.21 Å². The summed E-state index contributed by atoms with van der Waals surface area (Å²) in [7, 11) is 0. The van der Waals surface area contributed by atoms with E-state index in [0.717, 1.165) is 24.1 Å². The molecule has 0 rings (SSSR count). The summed E-state index contributed by atoms with van der Waals surface area (Å²) < 4.78 is 0. The van der Waals surface area contributed by atoms with E-state index in [1.807, 2.05) is 20.1 Å². The summed E-state index contributed by atoms with van der Waals surface area (Å²) in [5.74, 6) is 0. The molecule has 0 amide bonds. The molecule has 0 fully saturated rings. The highest BCUT2D eigenvalue weighted by atomic mass is 14.7. The third-order valence-electron chi connectivity index (χ3n) is 2.52. The lowest BCUT2D eigenvalue weighted by Gasteiger charge is -2.14. The van der Waals surface area contributed by atoms with Gasteiger partial charge in [-0.2, -0.15) is 0 Å².